The van der Waals surface area contributed by atoms with Crippen molar-refractivity contribution < 1.29 is 128 Å². The van der Waals surface area contributed by atoms with Crippen LogP contribution in [0.25, 0.3) is 0 Å². The third kappa shape index (κ3) is 10.8. The minimum Gasteiger partial charge on any atom is -0.394 e. The number of hydrogen-bond donors (Lipinski definition) is 14. The van der Waals surface area contributed by atoms with E-state index in [0.29, 0.717) is 48.3 Å². The second-order valence-corrected chi connectivity index (χ2v) is 25.8. The number of aliphatic hydroxyl groups excluding tert-OH is 14. The van der Waals surface area contributed by atoms with Gasteiger partial charge in [0.25, 0.3) is 0 Å². The topological polar surface area (TPSA) is 394 Å². The summed E-state index contributed by atoms with van der Waals surface area (Å²) in [6.45, 7) is 6.46. The lowest BCUT2D eigenvalue weighted by atomic mass is 9.47. The van der Waals surface area contributed by atoms with Crippen LogP contribution in [0.5, 0.6) is 0 Å². The van der Waals surface area contributed by atoms with E-state index in [1.54, 1.807) is 0 Å². The van der Waals surface area contributed by atoms with E-state index in [0.717, 1.165) is 51.6 Å². The molecular weight excluding hydrogens is 1080 g/mol. The number of rotatable bonds is 13. The second-order valence-electron chi connectivity index (χ2n) is 25.8. The number of ether oxygens (including phenoxy) is 12. The molecule has 7 aliphatic heterocycles. The van der Waals surface area contributed by atoms with Gasteiger partial charge in [0.2, 0.25) is 0 Å². The first-order valence-corrected chi connectivity index (χ1v) is 29.4. The molecule has 0 aromatic carbocycles. The molecule has 0 radical (unpaired) electrons. The van der Waals surface area contributed by atoms with Crippen LogP contribution in [0.1, 0.15) is 85.5 Å². The van der Waals surface area contributed by atoms with Crippen molar-refractivity contribution in [2.24, 2.45) is 46.3 Å². The van der Waals surface area contributed by atoms with Gasteiger partial charge in [-0.1, -0.05) is 39.3 Å². The van der Waals surface area contributed by atoms with Crippen LogP contribution >= 0.6 is 0 Å². The van der Waals surface area contributed by atoms with Gasteiger partial charge in [-0.3, -0.25) is 0 Å². The molecule has 81 heavy (non-hydrogen) atoms. The fourth-order valence-corrected chi connectivity index (χ4v) is 16.5. The summed E-state index contributed by atoms with van der Waals surface area (Å²) in [5, 5.41) is 153. The summed E-state index contributed by atoms with van der Waals surface area (Å²) in [5.41, 5.74) is 1.36. The maximum Gasteiger partial charge on any atom is 0.187 e. The molecule has 34 unspecified atom stereocenters. The largest absolute Gasteiger partial charge is 0.394 e. The summed E-state index contributed by atoms with van der Waals surface area (Å²) in [7, 11) is 0. The molecule has 4 aliphatic carbocycles. The monoisotopic (exact) mass is 1160 g/mol. The third-order valence-corrected chi connectivity index (χ3v) is 21.2. The Morgan fingerprint density at radius 1 is 0.531 bits per heavy atom. The van der Waals surface area contributed by atoms with Gasteiger partial charge in [0.15, 0.2) is 37.2 Å². The Labute approximate surface area is 469 Å². The molecule has 10 fully saturated rings. The average Bonchev–Trinajstić information content (AvgIpc) is 4.01. The van der Waals surface area contributed by atoms with Gasteiger partial charge in [-0.25, -0.2) is 0 Å². The van der Waals surface area contributed by atoms with Crippen LogP contribution in [0.4, 0.5) is 0 Å². The molecule has 7 heterocycles. The highest BCUT2D eigenvalue weighted by molar-refractivity contribution is 5.26. The zero-order chi connectivity index (χ0) is 57.8. The van der Waals surface area contributed by atoms with E-state index in [2.05, 4.69) is 33.8 Å². The predicted molar refractivity (Wildman–Crippen MR) is 269 cm³/mol. The average molecular weight is 1170 g/mol. The number of fused-ring (bicyclic) bond motifs is 7. The van der Waals surface area contributed by atoms with E-state index in [4.69, 9.17) is 56.8 Å². The van der Waals surface area contributed by atoms with Crippen LogP contribution < -0.4 is 0 Å². The van der Waals surface area contributed by atoms with E-state index in [-0.39, 0.29) is 16.9 Å². The van der Waals surface area contributed by atoms with Crippen LogP contribution in [0.3, 0.4) is 0 Å². The smallest absolute Gasteiger partial charge is 0.187 e. The van der Waals surface area contributed by atoms with Crippen LogP contribution in [0.2, 0.25) is 0 Å². The molecule has 0 amide bonds. The van der Waals surface area contributed by atoms with Crippen LogP contribution in [0, 0.1) is 46.3 Å². The first-order chi connectivity index (χ1) is 38.6. The summed E-state index contributed by atoms with van der Waals surface area (Å²) in [5.74, 6) is 2.32. The van der Waals surface area contributed by atoms with E-state index >= 15 is 0 Å². The molecule has 11 rings (SSSR count). The Morgan fingerprint density at radius 2 is 1.10 bits per heavy atom. The standard InChI is InChI=1S/C55H88O26/c1-21-7-12-55(72-18-21)22(2)34-30(81-55)14-27-25-6-5-23-13-24(8-10-53(23,3)26(25)9-11-54(27,34)4)73-50-42(68)39(65)44(33(17-58)76-50)77-52-47(46(38(64)32(16-57)75-52)79-49-41(67)36(62)29(60)20-71-49)80-51-43(69)45(37(63)31(15-56)74-51)78-48-40(66)35(61)28(59)19-70-48/h5,21-22,24-52,56-69H,6-20H2,1-4H3. The highest BCUT2D eigenvalue weighted by Crippen LogP contribution is 2.71. The minimum atomic E-state index is -2.11. The molecule has 34 atom stereocenters. The Balaban J connectivity index is 0.790. The van der Waals surface area contributed by atoms with Crippen molar-refractivity contribution in [3.63, 3.8) is 0 Å². The van der Waals surface area contributed by atoms with Gasteiger partial charge in [0.1, 0.15) is 110 Å². The molecule has 0 aromatic heterocycles. The Bertz CT molecular complexity index is 2150. The Hall–Kier alpha value is -1.30. The molecule has 1 spiro atoms. The van der Waals surface area contributed by atoms with Crippen molar-refractivity contribution in [1.29, 1.82) is 0 Å². The lowest BCUT2D eigenvalue weighted by Gasteiger charge is -2.58. The Kier molecular flexibility index (Phi) is 18.2. The highest BCUT2D eigenvalue weighted by atomic mass is 16.8. The highest BCUT2D eigenvalue weighted by Gasteiger charge is 2.69. The zero-order valence-corrected chi connectivity index (χ0v) is 46.2. The molecule has 26 heteroatoms. The summed E-state index contributed by atoms with van der Waals surface area (Å²) >= 11 is 0. The number of allylic oxidation sites excluding steroid dienone is 1. The molecule has 7 saturated heterocycles. The van der Waals surface area contributed by atoms with Gasteiger partial charge in [0, 0.05) is 12.3 Å². The van der Waals surface area contributed by atoms with Gasteiger partial charge in [0.05, 0.1) is 51.8 Å². The predicted octanol–water partition coefficient (Wildman–Crippen LogP) is -3.89. The second kappa shape index (κ2) is 24.0. The van der Waals surface area contributed by atoms with Crippen molar-refractivity contribution in [3.05, 3.63) is 11.6 Å². The van der Waals surface area contributed by atoms with E-state index in [1.807, 2.05) is 0 Å². The Morgan fingerprint density at radius 3 is 1.73 bits per heavy atom. The van der Waals surface area contributed by atoms with Gasteiger partial charge in [-0.05, 0) is 91.8 Å². The summed E-state index contributed by atoms with van der Waals surface area (Å²) < 4.78 is 73.2. The maximum absolute atomic E-state index is 12.0. The van der Waals surface area contributed by atoms with Crippen molar-refractivity contribution in [2.75, 3.05) is 39.6 Å². The van der Waals surface area contributed by atoms with Crippen molar-refractivity contribution in [2.45, 2.75) is 245 Å². The lowest BCUT2D eigenvalue weighted by Crippen LogP contribution is -2.69. The van der Waals surface area contributed by atoms with Gasteiger partial charge in [-0.15, -0.1) is 0 Å². The fourth-order valence-electron chi connectivity index (χ4n) is 16.5. The molecule has 14 N–H and O–H groups in total. The molecule has 464 valence electrons. The molecular formula is C55H88O26. The van der Waals surface area contributed by atoms with Crippen molar-refractivity contribution in [1.82, 2.24) is 0 Å². The molecule has 3 saturated carbocycles. The zero-order valence-electron chi connectivity index (χ0n) is 46.2. The summed E-state index contributed by atoms with van der Waals surface area (Å²) in [6.07, 6.45) is -30.9. The van der Waals surface area contributed by atoms with Crippen LogP contribution in [-0.4, -0.2) is 270 Å². The summed E-state index contributed by atoms with van der Waals surface area (Å²) in [4.78, 5) is 0. The van der Waals surface area contributed by atoms with Gasteiger partial charge < -0.3 is 128 Å². The number of aliphatic hydroxyl groups is 14. The first-order valence-electron chi connectivity index (χ1n) is 29.4. The molecule has 0 bridgehead atoms. The molecule has 11 aliphatic rings. The van der Waals surface area contributed by atoms with Crippen LogP contribution in [0.15, 0.2) is 11.6 Å². The molecule has 26 nitrogen and oxygen atoms in total. The fraction of sp³-hybridized carbons (Fsp3) is 0.964. The van der Waals surface area contributed by atoms with Gasteiger partial charge in [-0.2, -0.15) is 0 Å². The van der Waals surface area contributed by atoms with Crippen LogP contribution in [-0.2, 0) is 56.8 Å². The summed E-state index contributed by atoms with van der Waals surface area (Å²) in [6, 6.07) is 0. The van der Waals surface area contributed by atoms with Crippen molar-refractivity contribution in [3.8, 4) is 0 Å². The lowest BCUT2D eigenvalue weighted by molar-refractivity contribution is -0.408. The quantitative estimate of drug-likeness (QED) is 0.0784. The maximum atomic E-state index is 12.0. The van der Waals surface area contributed by atoms with Gasteiger partial charge >= 0.3 is 0 Å². The molecule has 0 aromatic rings. The minimum absolute atomic E-state index is 0.0789. The van der Waals surface area contributed by atoms with E-state index < -0.39 is 186 Å². The SMILES string of the molecule is CC1CCC2(OC1)OC1CC3C4CC=C5CC(OC6OC(CO)C(OC7OC(CO)C(O)C(OC8OCC(O)C(O)C8O)C7OC7OC(CO)C(O)C(OC8OCC(O)C(O)C8O)C7O)C(O)C6O)CCC5(C)C4CCC3(C)C1C2C. The first kappa shape index (κ1) is 61.4. The van der Waals surface area contributed by atoms with E-state index in [1.165, 1.54) is 5.57 Å². The third-order valence-electron chi connectivity index (χ3n) is 21.2. The normalized spacial score (nSPS) is 56.6. The van der Waals surface area contributed by atoms with E-state index in [9.17, 15) is 71.5 Å². The number of hydrogen-bond acceptors (Lipinski definition) is 26. The van der Waals surface area contributed by atoms with Crippen molar-refractivity contribution >= 4 is 0 Å².